The van der Waals surface area contributed by atoms with Crippen LogP contribution in [-0.2, 0) is 14.4 Å². The second-order valence-corrected chi connectivity index (χ2v) is 8.66. The van der Waals surface area contributed by atoms with E-state index in [9.17, 15) is 19.2 Å². The van der Waals surface area contributed by atoms with Gasteiger partial charge in [0.15, 0.2) is 0 Å². The zero-order chi connectivity index (χ0) is 21.5. The lowest BCUT2D eigenvalue weighted by molar-refractivity contribution is -0.141. The first-order valence-corrected chi connectivity index (χ1v) is 11.0. The number of carbonyl (C=O) groups excluding carboxylic acids is 3. The third kappa shape index (κ3) is 3.40. The van der Waals surface area contributed by atoms with Crippen LogP contribution in [0.2, 0.25) is 0 Å². The van der Waals surface area contributed by atoms with Gasteiger partial charge in [0, 0.05) is 32.1 Å². The van der Waals surface area contributed by atoms with Gasteiger partial charge in [0.1, 0.15) is 0 Å². The number of carbonyl (C=O) groups is 3. The van der Waals surface area contributed by atoms with Gasteiger partial charge in [0.05, 0.1) is 22.9 Å². The first-order valence-electron chi connectivity index (χ1n) is 11.0. The number of rotatable bonds is 4. The zero-order valence-electron chi connectivity index (χ0n) is 17.3. The van der Waals surface area contributed by atoms with Crippen LogP contribution >= 0.6 is 0 Å². The number of H-pyrrole nitrogens is 1. The van der Waals surface area contributed by atoms with Gasteiger partial charge >= 0.3 is 5.69 Å². The van der Waals surface area contributed by atoms with Crippen LogP contribution in [0.3, 0.4) is 0 Å². The molecule has 2 fully saturated rings. The highest BCUT2D eigenvalue weighted by Gasteiger charge is 2.47. The molecule has 0 spiro atoms. The van der Waals surface area contributed by atoms with Gasteiger partial charge in [-0.3, -0.25) is 23.9 Å². The number of para-hydroxylation sites is 2. The van der Waals surface area contributed by atoms with Gasteiger partial charge in [0.25, 0.3) is 0 Å². The molecule has 3 amide bonds. The molecule has 0 bridgehead atoms. The fraction of sp³-hybridized carbons (Fsp3) is 0.478. The number of nitrogens with one attached hydrogen (secondary N) is 1. The van der Waals surface area contributed by atoms with E-state index in [1.54, 1.807) is 9.47 Å². The van der Waals surface area contributed by atoms with Crippen molar-refractivity contribution in [1.29, 1.82) is 0 Å². The molecule has 0 saturated carbocycles. The third-order valence-electron chi connectivity index (χ3n) is 6.95. The number of imidazole rings is 1. The molecule has 31 heavy (non-hydrogen) atoms. The summed E-state index contributed by atoms with van der Waals surface area (Å²) in [6, 6.07) is 7.68. The smallest absolute Gasteiger partial charge is 0.326 e. The number of aromatic nitrogens is 2. The molecule has 2 aliphatic heterocycles. The summed E-state index contributed by atoms with van der Waals surface area (Å²) in [5.74, 6) is -0.817. The van der Waals surface area contributed by atoms with Gasteiger partial charge in [-0.2, -0.15) is 0 Å². The van der Waals surface area contributed by atoms with E-state index >= 15 is 0 Å². The van der Waals surface area contributed by atoms with Gasteiger partial charge in [-0.25, -0.2) is 4.79 Å². The van der Waals surface area contributed by atoms with Crippen LogP contribution in [0.1, 0.15) is 38.1 Å². The number of likely N-dealkylation sites (tertiary alicyclic amines) is 2. The monoisotopic (exact) mass is 422 g/mol. The topological polar surface area (TPSA) is 95.5 Å². The van der Waals surface area contributed by atoms with Gasteiger partial charge < -0.3 is 9.88 Å². The molecule has 1 aromatic heterocycles. The van der Waals surface area contributed by atoms with E-state index in [1.165, 1.54) is 4.90 Å². The second kappa shape index (κ2) is 7.83. The summed E-state index contributed by atoms with van der Waals surface area (Å²) in [6.45, 7) is 1.28. The fourth-order valence-corrected chi connectivity index (χ4v) is 5.27. The molecule has 0 unspecified atom stereocenters. The van der Waals surface area contributed by atoms with Crippen molar-refractivity contribution in [3.05, 3.63) is 46.9 Å². The lowest BCUT2D eigenvalue weighted by atomic mass is 9.85. The molecule has 1 N–H and O–H groups in total. The molecule has 8 nitrogen and oxygen atoms in total. The Bertz CT molecular complexity index is 1100. The number of hydrogen-bond donors (Lipinski definition) is 1. The van der Waals surface area contributed by atoms with Gasteiger partial charge in [-0.05, 0) is 37.8 Å². The number of hydrogen-bond acceptors (Lipinski definition) is 4. The largest absolute Gasteiger partial charge is 0.342 e. The van der Waals surface area contributed by atoms with Crippen molar-refractivity contribution in [1.82, 2.24) is 19.4 Å². The number of benzene rings is 1. The van der Waals surface area contributed by atoms with E-state index in [2.05, 4.69) is 4.98 Å². The Balaban J connectivity index is 1.18. The maximum absolute atomic E-state index is 12.7. The molecule has 1 aromatic carbocycles. The fourth-order valence-electron chi connectivity index (χ4n) is 5.27. The van der Waals surface area contributed by atoms with Crippen molar-refractivity contribution in [2.75, 3.05) is 19.6 Å². The van der Waals surface area contributed by atoms with Gasteiger partial charge in [0.2, 0.25) is 17.7 Å². The summed E-state index contributed by atoms with van der Waals surface area (Å²) in [7, 11) is 0. The highest BCUT2D eigenvalue weighted by Crippen LogP contribution is 2.35. The van der Waals surface area contributed by atoms with Crippen molar-refractivity contribution < 1.29 is 14.4 Å². The van der Waals surface area contributed by atoms with Gasteiger partial charge in [-0.15, -0.1) is 0 Å². The standard InChI is InChI=1S/C23H26N4O4/c28-20(11-14-26-21(29)16-5-1-2-6-17(16)22(26)30)25-12-9-15(10-13-25)27-19-8-4-3-7-18(19)24-23(27)31/h1-4,7-8,15-17H,5-6,9-14H2,(H,24,31)/t16-,17-/m0/s1. The van der Waals surface area contributed by atoms with E-state index in [0.29, 0.717) is 38.8 Å². The molecule has 8 heteroatoms. The predicted octanol–water partition coefficient (Wildman–Crippen LogP) is 1.83. The summed E-state index contributed by atoms with van der Waals surface area (Å²) in [5.41, 5.74) is 1.59. The number of piperidine rings is 1. The van der Waals surface area contributed by atoms with E-state index in [4.69, 9.17) is 0 Å². The minimum absolute atomic E-state index is 0.0432. The zero-order valence-corrected chi connectivity index (χ0v) is 17.3. The Morgan fingerprint density at radius 1 is 0.968 bits per heavy atom. The van der Waals surface area contributed by atoms with Gasteiger partial charge in [-0.1, -0.05) is 24.3 Å². The molecular formula is C23H26N4O4. The normalized spacial score (nSPS) is 24.3. The van der Waals surface area contributed by atoms with Crippen LogP contribution in [0.4, 0.5) is 0 Å². The van der Waals surface area contributed by atoms with Crippen molar-refractivity contribution in [3.63, 3.8) is 0 Å². The van der Waals surface area contributed by atoms with Crippen LogP contribution in [-0.4, -0.2) is 56.7 Å². The van der Waals surface area contributed by atoms with Crippen LogP contribution in [0.15, 0.2) is 41.2 Å². The van der Waals surface area contributed by atoms with Crippen molar-refractivity contribution in [2.24, 2.45) is 11.8 Å². The Morgan fingerprint density at radius 3 is 2.29 bits per heavy atom. The minimum Gasteiger partial charge on any atom is -0.342 e. The Morgan fingerprint density at radius 2 is 1.61 bits per heavy atom. The van der Waals surface area contributed by atoms with Crippen molar-refractivity contribution >= 4 is 28.8 Å². The molecule has 3 aliphatic rings. The summed E-state index contributed by atoms with van der Waals surface area (Å²) in [5, 5.41) is 0. The highest BCUT2D eigenvalue weighted by atomic mass is 16.2. The molecule has 1 aliphatic carbocycles. The molecule has 3 heterocycles. The van der Waals surface area contributed by atoms with Crippen LogP contribution < -0.4 is 5.69 Å². The quantitative estimate of drug-likeness (QED) is 0.601. The average molecular weight is 422 g/mol. The molecule has 5 rings (SSSR count). The van der Waals surface area contributed by atoms with E-state index in [1.807, 2.05) is 36.4 Å². The predicted molar refractivity (Wildman–Crippen MR) is 114 cm³/mol. The van der Waals surface area contributed by atoms with E-state index in [0.717, 1.165) is 11.0 Å². The number of allylic oxidation sites excluding steroid dienone is 2. The Labute approximate surface area is 179 Å². The lowest BCUT2D eigenvalue weighted by Crippen LogP contribution is -2.42. The molecule has 162 valence electrons. The number of amides is 3. The molecule has 0 radical (unpaired) electrons. The van der Waals surface area contributed by atoms with Crippen LogP contribution in [0, 0.1) is 11.8 Å². The van der Waals surface area contributed by atoms with Crippen LogP contribution in [0.25, 0.3) is 11.0 Å². The number of aromatic amines is 1. The maximum Gasteiger partial charge on any atom is 0.326 e. The average Bonchev–Trinajstić information content (AvgIpc) is 3.25. The SMILES string of the molecule is O=C(CCN1C(=O)[C@H]2CC=CC[C@@H]2C1=O)N1CCC(n2c(=O)[nH]c3ccccc32)CC1. The van der Waals surface area contributed by atoms with Crippen LogP contribution in [0.5, 0.6) is 0 Å². The number of fused-ring (bicyclic) bond motifs is 2. The Kier molecular flexibility index (Phi) is 5.00. The van der Waals surface area contributed by atoms with Crippen molar-refractivity contribution in [2.45, 2.75) is 38.1 Å². The molecule has 2 aromatic rings. The maximum atomic E-state index is 12.7. The Hall–Kier alpha value is -3.16. The highest BCUT2D eigenvalue weighted by molar-refractivity contribution is 6.05. The van der Waals surface area contributed by atoms with Crippen molar-refractivity contribution in [3.8, 4) is 0 Å². The van der Waals surface area contributed by atoms with E-state index < -0.39 is 0 Å². The molecule has 2 saturated heterocycles. The summed E-state index contributed by atoms with van der Waals surface area (Å²) in [4.78, 5) is 56.3. The first kappa shape index (κ1) is 19.8. The summed E-state index contributed by atoms with van der Waals surface area (Å²) in [6.07, 6.45) is 6.70. The number of nitrogens with zero attached hydrogens (tertiary/aromatic N) is 3. The minimum atomic E-state index is -0.252. The van der Waals surface area contributed by atoms with E-state index in [-0.39, 0.29) is 54.3 Å². The first-order chi connectivity index (χ1) is 15.0. The third-order valence-corrected chi connectivity index (χ3v) is 6.95. The molecular weight excluding hydrogens is 396 g/mol. The lowest BCUT2D eigenvalue weighted by Gasteiger charge is -2.33. The molecule has 2 atom stereocenters. The summed E-state index contributed by atoms with van der Waals surface area (Å²) < 4.78 is 1.80. The number of imide groups is 1. The summed E-state index contributed by atoms with van der Waals surface area (Å²) >= 11 is 0. The second-order valence-electron chi connectivity index (χ2n) is 8.66.